The topological polar surface area (TPSA) is 59.3 Å². The van der Waals surface area contributed by atoms with Crippen LogP contribution < -0.4 is 4.90 Å². The molecule has 0 unspecified atom stereocenters. The van der Waals surface area contributed by atoms with Crippen molar-refractivity contribution >= 4 is 43.7 Å². The van der Waals surface area contributed by atoms with Crippen LogP contribution in [0.3, 0.4) is 0 Å². The van der Waals surface area contributed by atoms with Crippen LogP contribution in [0.25, 0.3) is 21.3 Å². The Kier molecular flexibility index (Phi) is 4.90. The zero-order valence-corrected chi connectivity index (χ0v) is 17.2. The monoisotopic (exact) mass is 423 g/mol. The summed E-state index contributed by atoms with van der Waals surface area (Å²) in [4.78, 5) is 18.1. The van der Waals surface area contributed by atoms with E-state index in [4.69, 9.17) is 4.98 Å². The first-order valence-corrected chi connectivity index (χ1v) is 10.6. The molecule has 0 saturated carbocycles. The fraction of sp³-hybridized carbons (Fsp3) is 0. The lowest BCUT2D eigenvalue weighted by atomic mass is 10.0. The quantitative estimate of drug-likeness (QED) is 0.219. The third kappa shape index (κ3) is 3.65. The Balaban J connectivity index is 1.63. The van der Waals surface area contributed by atoms with Crippen LogP contribution in [0, 0.1) is 10.1 Å². The minimum atomic E-state index is -0.343. The molecule has 31 heavy (non-hydrogen) atoms. The molecule has 0 atom stereocenters. The fourth-order valence-corrected chi connectivity index (χ4v) is 4.62. The first kappa shape index (κ1) is 19.0. The molecule has 5 aromatic rings. The molecule has 0 bridgehead atoms. The molecule has 1 heterocycles. The Labute approximate surface area is 183 Å². The zero-order valence-electron chi connectivity index (χ0n) is 16.4. The van der Waals surface area contributed by atoms with E-state index in [9.17, 15) is 10.1 Å². The molecule has 0 N–H and O–H groups in total. The maximum Gasteiger partial charge on any atom is 0.277 e. The van der Waals surface area contributed by atoms with Gasteiger partial charge in [-0.2, -0.15) is 0 Å². The number of nitro benzene ring substituents is 1. The average molecular weight is 423 g/mol. The van der Waals surface area contributed by atoms with Gasteiger partial charge < -0.3 is 0 Å². The summed E-state index contributed by atoms with van der Waals surface area (Å²) in [7, 11) is 0. The number of nitrogens with zero attached hydrogens (tertiary/aromatic N) is 3. The number of benzene rings is 4. The second kappa shape index (κ2) is 8.01. The summed E-state index contributed by atoms with van der Waals surface area (Å²) in [6, 6.07) is 32.8. The summed E-state index contributed by atoms with van der Waals surface area (Å²) in [5.74, 6) is 0. The van der Waals surface area contributed by atoms with Crippen molar-refractivity contribution in [1.82, 2.24) is 4.98 Å². The number of anilines is 3. The number of hydrogen-bond acceptors (Lipinski definition) is 5. The van der Waals surface area contributed by atoms with Crippen LogP contribution in [-0.4, -0.2) is 9.91 Å². The van der Waals surface area contributed by atoms with Crippen LogP contribution in [0.2, 0.25) is 0 Å². The van der Waals surface area contributed by atoms with E-state index in [-0.39, 0.29) is 10.6 Å². The molecule has 1 aromatic heterocycles. The maximum atomic E-state index is 11.5. The fourth-order valence-electron chi connectivity index (χ4n) is 3.58. The molecule has 0 aliphatic rings. The highest BCUT2D eigenvalue weighted by Gasteiger charge is 2.18. The number of fused-ring (bicyclic) bond motifs is 1. The Morgan fingerprint density at radius 3 is 2.03 bits per heavy atom. The third-order valence-corrected chi connectivity index (χ3v) is 6.01. The molecule has 6 heteroatoms. The van der Waals surface area contributed by atoms with Gasteiger partial charge in [-0.15, -0.1) is 0 Å². The Hall–Kier alpha value is -4.03. The predicted molar refractivity (Wildman–Crippen MR) is 126 cm³/mol. The van der Waals surface area contributed by atoms with E-state index < -0.39 is 0 Å². The van der Waals surface area contributed by atoms with Crippen molar-refractivity contribution in [3.8, 4) is 11.1 Å². The van der Waals surface area contributed by atoms with E-state index >= 15 is 0 Å². The largest absolute Gasteiger partial charge is 0.286 e. The lowest BCUT2D eigenvalue weighted by Crippen LogP contribution is -2.09. The van der Waals surface area contributed by atoms with Gasteiger partial charge in [-0.05, 0) is 48.0 Å². The van der Waals surface area contributed by atoms with Gasteiger partial charge >= 0.3 is 0 Å². The van der Waals surface area contributed by atoms with Gasteiger partial charge in [0.25, 0.3) is 5.69 Å². The zero-order chi connectivity index (χ0) is 21.2. The Bertz CT molecular complexity index is 1330. The van der Waals surface area contributed by atoms with E-state index in [2.05, 4.69) is 29.2 Å². The molecule has 0 aliphatic carbocycles. The summed E-state index contributed by atoms with van der Waals surface area (Å²) in [5, 5.41) is 12.3. The van der Waals surface area contributed by atoms with Gasteiger partial charge in [0.05, 0.1) is 20.7 Å². The normalized spacial score (nSPS) is 10.8. The van der Waals surface area contributed by atoms with Gasteiger partial charge in [-0.25, -0.2) is 4.98 Å². The lowest BCUT2D eigenvalue weighted by Gasteiger charge is -2.21. The van der Waals surface area contributed by atoms with Crippen molar-refractivity contribution in [2.75, 3.05) is 4.90 Å². The van der Waals surface area contributed by atoms with Crippen molar-refractivity contribution < 1.29 is 4.92 Å². The molecular formula is C25H17N3O2S. The second-order valence-corrected chi connectivity index (χ2v) is 7.97. The lowest BCUT2D eigenvalue weighted by molar-refractivity contribution is -0.384. The molecule has 4 aromatic carbocycles. The summed E-state index contributed by atoms with van der Waals surface area (Å²) in [5.41, 5.74) is 4.41. The molecule has 150 valence electrons. The van der Waals surface area contributed by atoms with Gasteiger partial charge in [-0.3, -0.25) is 15.0 Å². The van der Waals surface area contributed by atoms with Crippen molar-refractivity contribution in [2.24, 2.45) is 0 Å². The maximum absolute atomic E-state index is 11.5. The van der Waals surface area contributed by atoms with Crippen LogP contribution in [0.15, 0.2) is 103 Å². The molecule has 0 amide bonds. The van der Waals surface area contributed by atoms with Crippen molar-refractivity contribution in [3.05, 3.63) is 113 Å². The van der Waals surface area contributed by atoms with Gasteiger partial charge in [0.15, 0.2) is 5.13 Å². The Morgan fingerprint density at radius 2 is 1.39 bits per heavy atom. The van der Waals surface area contributed by atoms with Gasteiger partial charge in [-0.1, -0.05) is 65.9 Å². The van der Waals surface area contributed by atoms with Crippen molar-refractivity contribution in [1.29, 1.82) is 0 Å². The number of rotatable bonds is 5. The van der Waals surface area contributed by atoms with E-state index in [0.717, 1.165) is 32.3 Å². The third-order valence-electron chi connectivity index (χ3n) is 5.01. The minimum Gasteiger partial charge on any atom is -0.286 e. The summed E-state index contributed by atoms with van der Waals surface area (Å²) in [6.07, 6.45) is 0. The highest BCUT2D eigenvalue weighted by atomic mass is 32.1. The SMILES string of the molecule is O=[N+]([O-])c1ccccc1-c1ccc2nc(N(c3ccccc3)c3ccccc3)sc2c1. The first-order chi connectivity index (χ1) is 15.2. The van der Waals surface area contributed by atoms with Gasteiger partial charge in [0.1, 0.15) is 0 Å². The summed E-state index contributed by atoms with van der Waals surface area (Å²) >= 11 is 1.56. The summed E-state index contributed by atoms with van der Waals surface area (Å²) in [6.45, 7) is 0. The molecule has 0 fully saturated rings. The number of para-hydroxylation sites is 3. The standard InChI is InChI=1S/C25H17N3O2S/c29-28(30)23-14-8-7-13-21(23)18-15-16-22-24(17-18)31-25(26-22)27(19-9-3-1-4-10-19)20-11-5-2-6-12-20/h1-17H. The highest BCUT2D eigenvalue weighted by molar-refractivity contribution is 7.22. The molecule has 5 rings (SSSR count). The highest BCUT2D eigenvalue weighted by Crippen LogP contribution is 2.40. The van der Waals surface area contributed by atoms with Crippen molar-refractivity contribution in [3.63, 3.8) is 0 Å². The molecule has 5 nitrogen and oxygen atoms in total. The molecule has 0 radical (unpaired) electrons. The second-order valence-electron chi connectivity index (χ2n) is 6.96. The minimum absolute atomic E-state index is 0.0989. The number of hydrogen-bond donors (Lipinski definition) is 0. The Morgan fingerprint density at radius 1 is 0.774 bits per heavy atom. The van der Waals surface area contributed by atoms with Crippen molar-refractivity contribution in [2.45, 2.75) is 0 Å². The van der Waals surface area contributed by atoms with Crippen LogP contribution in [0.5, 0.6) is 0 Å². The van der Waals surface area contributed by atoms with Crippen LogP contribution in [0.4, 0.5) is 22.2 Å². The molecular weight excluding hydrogens is 406 g/mol. The van der Waals surface area contributed by atoms with E-state index in [1.807, 2.05) is 60.7 Å². The van der Waals surface area contributed by atoms with Gasteiger partial charge in [0.2, 0.25) is 0 Å². The number of thiazole rings is 1. The van der Waals surface area contributed by atoms with Gasteiger partial charge in [0, 0.05) is 17.4 Å². The van der Waals surface area contributed by atoms with Crippen LogP contribution >= 0.6 is 11.3 Å². The molecule has 0 aliphatic heterocycles. The number of aromatic nitrogens is 1. The average Bonchev–Trinajstić information content (AvgIpc) is 3.23. The van der Waals surface area contributed by atoms with E-state index in [1.165, 1.54) is 6.07 Å². The number of nitro groups is 1. The predicted octanol–water partition coefficient (Wildman–Crippen LogP) is 7.34. The van der Waals surface area contributed by atoms with Crippen LogP contribution in [-0.2, 0) is 0 Å². The smallest absolute Gasteiger partial charge is 0.277 e. The summed E-state index contributed by atoms with van der Waals surface area (Å²) < 4.78 is 0.975. The van der Waals surface area contributed by atoms with E-state index in [1.54, 1.807) is 23.5 Å². The molecule has 0 spiro atoms. The molecule has 0 saturated heterocycles. The first-order valence-electron chi connectivity index (χ1n) is 9.75. The van der Waals surface area contributed by atoms with E-state index in [0.29, 0.717) is 5.56 Å². The van der Waals surface area contributed by atoms with Crippen LogP contribution in [0.1, 0.15) is 0 Å².